The maximum atomic E-state index is 6.46. The highest BCUT2D eigenvalue weighted by Crippen LogP contribution is 2.49. The average Bonchev–Trinajstić information content (AvgIpc) is 3.48. The van der Waals surface area contributed by atoms with Crippen molar-refractivity contribution in [1.29, 1.82) is 0 Å². The first kappa shape index (κ1) is 24.1. The first-order chi connectivity index (χ1) is 17.6. The van der Waals surface area contributed by atoms with E-state index in [4.69, 9.17) is 20.2 Å². The van der Waals surface area contributed by atoms with Crippen LogP contribution in [0.1, 0.15) is 59.1 Å². The van der Waals surface area contributed by atoms with Crippen molar-refractivity contribution in [1.82, 2.24) is 19.5 Å². The summed E-state index contributed by atoms with van der Waals surface area (Å²) >= 11 is 0. The van der Waals surface area contributed by atoms with Crippen LogP contribution in [0.15, 0.2) is 48.9 Å². The summed E-state index contributed by atoms with van der Waals surface area (Å²) in [5.41, 5.74) is 9.24. The van der Waals surface area contributed by atoms with Gasteiger partial charge in [0.05, 0.1) is 23.0 Å². The molecule has 6 rings (SSSR count). The van der Waals surface area contributed by atoms with E-state index in [1.165, 1.54) is 11.9 Å². The summed E-state index contributed by atoms with van der Waals surface area (Å²) in [6, 6.07) is 12.9. The van der Waals surface area contributed by atoms with Gasteiger partial charge >= 0.3 is 0 Å². The Bertz CT molecular complexity index is 1460. The SMILES string of the molecule is CC(C)(C)Nc1ccc2ccc(CC[C@H]3C[C@@H](n4ccc5c(N)ncnc54)[C@@H]4OC(C)(C)O[C@H]34)cc2n1. The van der Waals surface area contributed by atoms with Crippen LogP contribution < -0.4 is 11.1 Å². The van der Waals surface area contributed by atoms with Crippen molar-refractivity contribution >= 4 is 33.6 Å². The van der Waals surface area contributed by atoms with Crippen molar-refractivity contribution in [3.8, 4) is 0 Å². The van der Waals surface area contributed by atoms with E-state index < -0.39 is 5.79 Å². The Balaban J connectivity index is 1.23. The number of anilines is 2. The monoisotopic (exact) mass is 500 g/mol. The maximum absolute atomic E-state index is 6.46. The summed E-state index contributed by atoms with van der Waals surface area (Å²) in [7, 11) is 0. The van der Waals surface area contributed by atoms with E-state index in [1.807, 2.05) is 19.9 Å². The molecule has 2 fully saturated rings. The number of pyridine rings is 1. The Morgan fingerprint density at radius 1 is 1.08 bits per heavy atom. The average molecular weight is 501 g/mol. The molecular formula is C29H36N6O2. The van der Waals surface area contributed by atoms with E-state index in [0.29, 0.717) is 11.7 Å². The van der Waals surface area contributed by atoms with Gasteiger partial charge in [-0.15, -0.1) is 0 Å². The fourth-order valence-electron chi connectivity index (χ4n) is 5.99. The molecule has 1 aliphatic carbocycles. The van der Waals surface area contributed by atoms with Gasteiger partial charge in [-0.2, -0.15) is 0 Å². The molecule has 194 valence electrons. The topological polar surface area (TPSA) is 100 Å². The van der Waals surface area contributed by atoms with Crippen molar-refractivity contribution in [2.75, 3.05) is 11.1 Å². The molecule has 3 aromatic heterocycles. The van der Waals surface area contributed by atoms with Crippen molar-refractivity contribution in [2.24, 2.45) is 5.92 Å². The molecule has 1 saturated heterocycles. The zero-order valence-electron chi connectivity index (χ0n) is 22.2. The molecule has 4 atom stereocenters. The number of ether oxygens (including phenoxy) is 2. The lowest BCUT2D eigenvalue weighted by molar-refractivity contribution is -0.160. The van der Waals surface area contributed by atoms with E-state index in [0.717, 1.165) is 47.0 Å². The molecule has 4 aromatic rings. The minimum absolute atomic E-state index is 0.0314. The molecule has 0 amide bonds. The minimum atomic E-state index is -0.605. The molecule has 3 N–H and O–H groups in total. The quantitative estimate of drug-likeness (QED) is 0.374. The van der Waals surface area contributed by atoms with E-state index in [2.05, 4.69) is 77.2 Å². The molecule has 1 aromatic carbocycles. The first-order valence-electron chi connectivity index (χ1n) is 13.2. The van der Waals surface area contributed by atoms with Gasteiger partial charge in [-0.05, 0) is 89.6 Å². The lowest BCUT2D eigenvalue weighted by Crippen LogP contribution is -2.27. The predicted molar refractivity (Wildman–Crippen MR) is 146 cm³/mol. The van der Waals surface area contributed by atoms with E-state index in [1.54, 1.807) is 0 Å². The van der Waals surface area contributed by atoms with Crippen LogP contribution in [0.25, 0.3) is 21.9 Å². The third kappa shape index (κ3) is 4.64. The van der Waals surface area contributed by atoms with Gasteiger partial charge in [-0.3, -0.25) is 0 Å². The van der Waals surface area contributed by atoms with Crippen LogP contribution in [0, 0.1) is 5.92 Å². The van der Waals surface area contributed by atoms with Crippen LogP contribution in [0.5, 0.6) is 0 Å². The summed E-state index contributed by atoms with van der Waals surface area (Å²) < 4.78 is 15.1. The van der Waals surface area contributed by atoms with Gasteiger partial charge in [0, 0.05) is 17.1 Å². The summed E-state index contributed by atoms with van der Waals surface area (Å²) in [5, 5.41) is 5.51. The van der Waals surface area contributed by atoms with Crippen LogP contribution in [-0.2, 0) is 15.9 Å². The molecule has 37 heavy (non-hydrogen) atoms. The summed E-state index contributed by atoms with van der Waals surface area (Å²) in [4.78, 5) is 13.6. The second-order valence-electron chi connectivity index (χ2n) is 12.0. The normalized spacial score (nSPS) is 25.1. The number of aromatic nitrogens is 4. The van der Waals surface area contributed by atoms with Crippen LogP contribution in [0.4, 0.5) is 11.6 Å². The van der Waals surface area contributed by atoms with Gasteiger partial charge in [-0.1, -0.05) is 12.1 Å². The molecule has 4 heterocycles. The molecule has 8 nitrogen and oxygen atoms in total. The standard InChI is InChI=1S/C29H36N6O2/c1-28(2,3)34-23-11-10-18-8-6-17(14-21(18)33-23)7-9-19-15-22(25-24(19)36-29(4,5)37-25)35-13-12-20-26(30)31-16-32-27(20)35/h6,8,10-14,16,19,22,24-25H,7,9,15H2,1-5H3,(H,33,34)(H2,30,31,32)/t19-,22+,24+,25-/m0/s1. The number of nitrogens with two attached hydrogens (primary N) is 1. The number of fused-ring (bicyclic) bond motifs is 3. The maximum Gasteiger partial charge on any atom is 0.163 e. The molecule has 0 unspecified atom stereocenters. The first-order valence-corrected chi connectivity index (χ1v) is 13.2. The third-order valence-corrected chi connectivity index (χ3v) is 7.51. The van der Waals surface area contributed by atoms with Crippen molar-refractivity contribution < 1.29 is 9.47 Å². The number of benzene rings is 1. The van der Waals surface area contributed by atoms with Crippen LogP contribution in [0.2, 0.25) is 0 Å². The number of nitrogens with one attached hydrogen (secondary N) is 1. The zero-order valence-corrected chi connectivity index (χ0v) is 22.2. The van der Waals surface area contributed by atoms with Gasteiger partial charge in [-0.25, -0.2) is 15.0 Å². The van der Waals surface area contributed by atoms with Gasteiger partial charge in [0.25, 0.3) is 0 Å². The highest BCUT2D eigenvalue weighted by atomic mass is 16.8. The molecule has 1 aliphatic heterocycles. The van der Waals surface area contributed by atoms with Crippen molar-refractivity contribution in [3.05, 3.63) is 54.5 Å². The Morgan fingerprint density at radius 2 is 1.86 bits per heavy atom. The summed E-state index contributed by atoms with van der Waals surface area (Å²) in [5.74, 6) is 1.17. The van der Waals surface area contributed by atoms with Crippen LogP contribution in [0.3, 0.4) is 0 Å². The molecule has 2 aliphatic rings. The molecule has 1 saturated carbocycles. The molecule has 0 bridgehead atoms. The van der Waals surface area contributed by atoms with E-state index in [9.17, 15) is 0 Å². The zero-order chi connectivity index (χ0) is 25.9. The fourth-order valence-corrected chi connectivity index (χ4v) is 5.99. The molecule has 0 radical (unpaired) electrons. The predicted octanol–water partition coefficient (Wildman–Crippen LogP) is 5.49. The highest BCUT2D eigenvalue weighted by molar-refractivity contribution is 5.86. The largest absolute Gasteiger partial charge is 0.383 e. The van der Waals surface area contributed by atoms with Gasteiger partial charge in [0.15, 0.2) is 5.79 Å². The van der Waals surface area contributed by atoms with Crippen LogP contribution in [-0.4, -0.2) is 43.1 Å². The van der Waals surface area contributed by atoms with E-state index in [-0.39, 0.29) is 23.8 Å². The second kappa shape index (κ2) is 8.67. The number of hydrogen-bond donors (Lipinski definition) is 2. The van der Waals surface area contributed by atoms with Crippen LogP contribution >= 0.6 is 0 Å². The molecule has 0 spiro atoms. The summed E-state index contributed by atoms with van der Waals surface area (Å²) in [6.07, 6.45) is 6.54. The number of rotatable bonds is 5. The Kier molecular flexibility index (Phi) is 5.65. The smallest absolute Gasteiger partial charge is 0.163 e. The lowest BCUT2D eigenvalue weighted by Gasteiger charge is -2.24. The van der Waals surface area contributed by atoms with Crippen molar-refractivity contribution in [2.45, 2.75) is 83.5 Å². The van der Waals surface area contributed by atoms with E-state index >= 15 is 0 Å². The van der Waals surface area contributed by atoms with Crippen molar-refractivity contribution in [3.63, 3.8) is 0 Å². The number of nitrogens with zero attached hydrogens (tertiary/aromatic N) is 4. The number of hydrogen-bond acceptors (Lipinski definition) is 7. The number of aryl methyl sites for hydroxylation is 1. The Hall–Kier alpha value is -3.23. The van der Waals surface area contributed by atoms with Gasteiger partial charge in [0.1, 0.15) is 29.7 Å². The molecular weight excluding hydrogens is 464 g/mol. The molecule has 8 heteroatoms. The van der Waals surface area contributed by atoms with Gasteiger partial charge in [0.2, 0.25) is 0 Å². The lowest BCUT2D eigenvalue weighted by atomic mass is 9.95. The third-order valence-electron chi connectivity index (χ3n) is 7.51. The Morgan fingerprint density at radius 3 is 2.68 bits per heavy atom. The fraction of sp³-hybridized carbons (Fsp3) is 0.483. The number of nitrogen functional groups attached to an aromatic ring is 1. The second-order valence-corrected chi connectivity index (χ2v) is 12.0. The minimum Gasteiger partial charge on any atom is -0.383 e. The van der Waals surface area contributed by atoms with Gasteiger partial charge < -0.3 is 25.1 Å². The Labute approximate surface area is 217 Å². The highest BCUT2D eigenvalue weighted by Gasteiger charge is 2.54. The summed E-state index contributed by atoms with van der Waals surface area (Å²) in [6.45, 7) is 10.4.